The first-order valence-electron chi connectivity index (χ1n) is 5.74. The Morgan fingerprint density at radius 3 is 2.89 bits per heavy atom. The molecule has 100 valence electrons. The maximum atomic E-state index is 13.6. The molecule has 0 aliphatic rings. The third-order valence-corrected chi connectivity index (χ3v) is 2.95. The third-order valence-electron chi connectivity index (χ3n) is 2.95. The normalized spacial score (nSPS) is 10.5. The van der Waals surface area contributed by atoms with E-state index in [0.29, 0.717) is 11.4 Å². The number of carboxylic acids is 1. The third kappa shape index (κ3) is 2.57. The van der Waals surface area contributed by atoms with Gasteiger partial charge in [0, 0.05) is 7.05 Å². The van der Waals surface area contributed by atoms with E-state index >= 15 is 0 Å². The van der Waals surface area contributed by atoms with Gasteiger partial charge in [0.1, 0.15) is 11.4 Å². The minimum absolute atomic E-state index is 0.115. The van der Waals surface area contributed by atoms with E-state index in [1.54, 1.807) is 26.1 Å². The molecular formula is C13H14FN3O2. The number of carboxylic acid groups (broad SMARTS) is 1. The lowest BCUT2D eigenvalue weighted by molar-refractivity contribution is 0.0695. The summed E-state index contributed by atoms with van der Waals surface area (Å²) in [5, 5.41) is 15.8. The number of aromatic carboxylic acids is 1. The van der Waals surface area contributed by atoms with Crippen molar-refractivity contribution >= 4 is 11.7 Å². The molecule has 19 heavy (non-hydrogen) atoms. The molecule has 2 N–H and O–H groups in total. The van der Waals surface area contributed by atoms with Gasteiger partial charge in [-0.15, -0.1) is 0 Å². The molecule has 2 rings (SSSR count). The number of aryl methyl sites for hydroxylation is 2. The van der Waals surface area contributed by atoms with Gasteiger partial charge in [-0.05, 0) is 18.6 Å². The summed E-state index contributed by atoms with van der Waals surface area (Å²) < 4.78 is 15.1. The fourth-order valence-electron chi connectivity index (χ4n) is 1.88. The number of carbonyl (C=O) groups is 1. The smallest absolute Gasteiger partial charge is 0.339 e. The van der Waals surface area contributed by atoms with Crippen molar-refractivity contribution in [2.75, 3.05) is 5.32 Å². The monoisotopic (exact) mass is 263 g/mol. The highest BCUT2D eigenvalue weighted by atomic mass is 19.1. The summed E-state index contributed by atoms with van der Waals surface area (Å²) in [6.45, 7) is 1.98. The fourth-order valence-corrected chi connectivity index (χ4v) is 1.88. The molecule has 1 heterocycles. The maximum absolute atomic E-state index is 13.6. The van der Waals surface area contributed by atoms with E-state index in [2.05, 4.69) is 10.4 Å². The Morgan fingerprint density at radius 2 is 2.26 bits per heavy atom. The van der Waals surface area contributed by atoms with Crippen LogP contribution in [0.1, 0.15) is 21.6 Å². The van der Waals surface area contributed by atoms with Gasteiger partial charge in [-0.3, -0.25) is 4.68 Å². The van der Waals surface area contributed by atoms with Gasteiger partial charge in [0.2, 0.25) is 0 Å². The van der Waals surface area contributed by atoms with Crippen molar-refractivity contribution in [1.82, 2.24) is 9.78 Å². The Balaban J connectivity index is 2.24. The summed E-state index contributed by atoms with van der Waals surface area (Å²) in [7, 11) is 1.65. The summed E-state index contributed by atoms with van der Waals surface area (Å²) in [6, 6.07) is 4.77. The van der Waals surface area contributed by atoms with Crippen molar-refractivity contribution in [2.24, 2.45) is 7.05 Å². The van der Waals surface area contributed by atoms with Crippen LogP contribution in [-0.2, 0) is 13.6 Å². The molecule has 5 nitrogen and oxygen atoms in total. The first-order valence-corrected chi connectivity index (χ1v) is 5.74. The van der Waals surface area contributed by atoms with E-state index < -0.39 is 5.97 Å². The van der Waals surface area contributed by atoms with Crippen molar-refractivity contribution in [2.45, 2.75) is 13.5 Å². The SMILES string of the molecule is Cc1cccc(F)c1NCc1c(C(=O)O)cnn1C. The second kappa shape index (κ2) is 5.09. The molecule has 0 saturated carbocycles. The van der Waals surface area contributed by atoms with E-state index in [-0.39, 0.29) is 17.9 Å². The molecule has 1 aromatic heterocycles. The van der Waals surface area contributed by atoms with Crippen LogP contribution in [-0.4, -0.2) is 20.9 Å². The van der Waals surface area contributed by atoms with Crippen LogP contribution in [0.4, 0.5) is 10.1 Å². The molecule has 0 atom stereocenters. The van der Waals surface area contributed by atoms with Crippen LogP contribution >= 0.6 is 0 Å². The lowest BCUT2D eigenvalue weighted by Gasteiger charge is -2.11. The molecular weight excluding hydrogens is 249 g/mol. The molecule has 0 bridgehead atoms. The van der Waals surface area contributed by atoms with E-state index in [1.165, 1.54) is 16.9 Å². The van der Waals surface area contributed by atoms with E-state index in [9.17, 15) is 9.18 Å². The Morgan fingerprint density at radius 1 is 1.53 bits per heavy atom. The minimum Gasteiger partial charge on any atom is -0.478 e. The highest BCUT2D eigenvalue weighted by molar-refractivity contribution is 5.88. The van der Waals surface area contributed by atoms with Crippen molar-refractivity contribution in [3.63, 3.8) is 0 Å². The second-order valence-electron chi connectivity index (χ2n) is 4.22. The zero-order valence-electron chi connectivity index (χ0n) is 10.6. The minimum atomic E-state index is -1.05. The molecule has 6 heteroatoms. The Hall–Kier alpha value is -2.37. The van der Waals surface area contributed by atoms with Gasteiger partial charge in [-0.25, -0.2) is 9.18 Å². The van der Waals surface area contributed by atoms with Crippen molar-refractivity contribution < 1.29 is 14.3 Å². The first-order chi connectivity index (χ1) is 9.00. The van der Waals surface area contributed by atoms with Crippen molar-refractivity contribution in [1.29, 1.82) is 0 Å². The number of nitrogens with one attached hydrogen (secondary N) is 1. The summed E-state index contributed by atoms with van der Waals surface area (Å²) in [5.41, 5.74) is 1.75. The number of benzene rings is 1. The zero-order chi connectivity index (χ0) is 14.0. The van der Waals surface area contributed by atoms with Crippen LogP contribution in [0.2, 0.25) is 0 Å². The summed E-state index contributed by atoms with van der Waals surface area (Å²) in [6.07, 6.45) is 1.29. The number of nitrogens with zero attached hydrogens (tertiary/aromatic N) is 2. The van der Waals surface area contributed by atoms with Crippen LogP contribution in [0.3, 0.4) is 0 Å². The molecule has 0 saturated heterocycles. The molecule has 0 amide bonds. The van der Waals surface area contributed by atoms with Crippen LogP contribution in [0.15, 0.2) is 24.4 Å². The average Bonchev–Trinajstić information content (AvgIpc) is 2.70. The topological polar surface area (TPSA) is 67.2 Å². The maximum Gasteiger partial charge on any atom is 0.339 e. The van der Waals surface area contributed by atoms with Crippen LogP contribution in [0.5, 0.6) is 0 Å². The second-order valence-corrected chi connectivity index (χ2v) is 4.22. The molecule has 0 fully saturated rings. The van der Waals surface area contributed by atoms with Gasteiger partial charge < -0.3 is 10.4 Å². The Labute approximate surface area is 109 Å². The number of rotatable bonds is 4. The lowest BCUT2D eigenvalue weighted by Crippen LogP contribution is -2.11. The number of hydrogen-bond acceptors (Lipinski definition) is 3. The number of halogens is 1. The van der Waals surface area contributed by atoms with Gasteiger partial charge in [0.15, 0.2) is 0 Å². The quantitative estimate of drug-likeness (QED) is 0.887. The van der Waals surface area contributed by atoms with Crippen LogP contribution < -0.4 is 5.32 Å². The highest BCUT2D eigenvalue weighted by Gasteiger charge is 2.15. The van der Waals surface area contributed by atoms with Gasteiger partial charge in [-0.1, -0.05) is 12.1 Å². The highest BCUT2D eigenvalue weighted by Crippen LogP contribution is 2.20. The molecule has 1 aromatic carbocycles. The number of anilines is 1. The number of para-hydroxylation sites is 1. The molecule has 0 radical (unpaired) electrons. The Bertz CT molecular complexity index is 602. The predicted molar refractivity (Wildman–Crippen MR) is 68.6 cm³/mol. The van der Waals surface area contributed by atoms with Gasteiger partial charge >= 0.3 is 5.97 Å². The summed E-state index contributed by atoms with van der Waals surface area (Å²) in [5.74, 6) is -1.41. The molecule has 0 aliphatic heterocycles. The van der Waals surface area contributed by atoms with Gasteiger partial charge in [-0.2, -0.15) is 5.10 Å². The molecule has 0 spiro atoms. The Kier molecular flexibility index (Phi) is 3.50. The zero-order valence-corrected chi connectivity index (χ0v) is 10.6. The molecule has 0 unspecified atom stereocenters. The van der Waals surface area contributed by atoms with Crippen molar-refractivity contribution in [3.8, 4) is 0 Å². The predicted octanol–water partition coefficient (Wildman–Crippen LogP) is 2.18. The first kappa shape index (κ1) is 13.1. The largest absolute Gasteiger partial charge is 0.478 e. The van der Waals surface area contributed by atoms with Crippen molar-refractivity contribution in [3.05, 3.63) is 47.0 Å². The van der Waals surface area contributed by atoms with Gasteiger partial charge in [0.25, 0.3) is 0 Å². The fraction of sp³-hybridized carbons (Fsp3) is 0.231. The standard InChI is InChI=1S/C13H14FN3O2/c1-8-4-3-5-10(14)12(8)15-7-11-9(13(18)19)6-16-17(11)2/h3-6,15H,7H2,1-2H3,(H,18,19). The van der Waals surface area contributed by atoms with Gasteiger partial charge in [0.05, 0.1) is 24.1 Å². The number of aromatic nitrogens is 2. The summed E-state index contributed by atoms with van der Waals surface area (Å²) >= 11 is 0. The molecule has 2 aromatic rings. The summed E-state index contributed by atoms with van der Waals surface area (Å²) in [4.78, 5) is 11.0. The van der Waals surface area contributed by atoms with E-state index in [0.717, 1.165) is 5.56 Å². The lowest BCUT2D eigenvalue weighted by atomic mass is 10.2. The van der Waals surface area contributed by atoms with Crippen LogP contribution in [0.25, 0.3) is 0 Å². The molecule has 0 aliphatic carbocycles. The average molecular weight is 263 g/mol. The number of hydrogen-bond donors (Lipinski definition) is 2. The van der Waals surface area contributed by atoms with Crippen LogP contribution in [0, 0.1) is 12.7 Å². The van der Waals surface area contributed by atoms with E-state index in [4.69, 9.17) is 5.11 Å². The van der Waals surface area contributed by atoms with E-state index in [1.807, 2.05) is 0 Å².